The molecule has 0 spiro atoms. The first-order chi connectivity index (χ1) is 10.1. The van der Waals surface area contributed by atoms with Crippen molar-refractivity contribution in [2.24, 2.45) is 5.10 Å². The van der Waals surface area contributed by atoms with Crippen molar-refractivity contribution in [2.75, 3.05) is 0 Å². The van der Waals surface area contributed by atoms with Gasteiger partial charge in [-0.1, -0.05) is 28.1 Å². The smallest absolute Gasteiger partial charge is 0.267 e. The molecule has 3 rings (SSSR count). The second kappa shape index (κ2) is 5.54. The molecule has 1 aromatic carbocycles. The van der Waals surface area contributed by atoms with Crippen LogP contribution in [-0.4, -0.2) is 15.9 Å². The van der Waals surface area contributed by atoms with Crippen molar-refractivity contribution in [1.29, 1.82) is 0 Å². The Morgan fingerprint density at radius 2 is 2.00 bits per heavy atom. The first-order valence-electron chi connectivity index (χ1n) is 6.33. The first-order valence-corrected chi connectivity index (χ1v) is 7.94. The molecule has 0 aliphatic heterocycles. The molecule has 0 saturated heterocycles. The summed E-state index contributed by atoms with van der Waals surface area (Å²) < 4.78 is 2.29. The van der Waals surface area contributed by atoms with Crippen molar-refractivity contribution in [3.05, 3.63) is 61.4 Å². The van der Waals surface area contributed by atoms with Crippen LogP contribution < -0.4 is 5.56 Å². The monoisotopic (exact) mass is 361 g/mol. The maximum absolute atomic E-state index is 12.4. The summed E-state index contributed by atoms with van der Waals surface area (Å²) in [5.41, 5.74) is 1.78. The molecule has 106 valence electrons. The van der Waals surface area contributed by atoms with E-state index in [9.17, 15) is 4.79 Å². The van der Waals surface area contributed by atoms with Crippen LogP contribution >= 0.6 is 27.3 Å². The molecule has 2 heterocycles. The zero-order valence-corrected chi connectivity index (χ0v) is 13.9. The first kappa shape index (κ1) is 14.2. The summed E-state index contributed by atoms with van der Waals surface area (Å²) in [5.74, 6) is 0. The number of nitrogens with zero attached hydrogens (tertiary/aromatic N) is 3. The zero-order valence-electron chi connectivity index (χ0n) is 11.5. The van der Waals surface area contributed by atoms with Gasteiger partial charge in [0, 0.05) is 9.35 Å². The van der Waals surface area contributed by atoms with Crippen LogP contribution in [0.4, 0.5) is 0 Å². The van der Waals surface area contributed by atoms with Gasteiger partial charge in [-0.05, 0) is 37.1 Å². The van der Waals surface area contributed by atoms with Gasteiger partial charge in [0.2, 0.25) is 0 Å². The third kappa shape index (κ3) is 2.69. The molecule has 0 N–H and O–H groups in total. The van der Waals surface area contributed by atoms with E-state index in [0.29, 0.717) is 5.39 Å². The second-order valence-electron chi connectivity index (χ2n) is 4.65. The number of fused-ring (bicyclic) bond motifs is 1. The Kier molecular flexibility index (Phi) is 3.73. The Morgan fingerprint density at radius 1 is 1.29 bits per heavy atom. The summed E-state index contributed by atoms with van der Waals surface area (Å²) in [6.07, 6.45) is 3.12. The van der Waals surface area contributed by atoms with Crippen LogP contribution in [-0.2, 0) is 0 Å². The van der Waals surface area contributed by atoms with E-state index in [2.05, 4.69) is 26.0 Å². The van der Waals surface area contributed by atoms with Gasteiger partial charge in [0.05, 0.1) is 11.6 Å². The lowest BCUT2D eigenvalue weighted by Crippen LogP contribution is -2.16. The lowest BCUT2D eigenvalue weighted by atomic mass is 10.2. The number of hydrogen-bond acceptors (Lipinski definition) is 4. The molecule has 0 unspecified atom stereocenters. The Balaban J connectivity index is 2.05. The van der Waals surface area contributed by atoms with Gasteiger partial charge in [0.25, 0.3) is 5.56 Å². The minimum absolute atomic E-state index is 0.129. The van der Waals surface area contributed by atoms with E-state index >= 15 is 0 Å². The predicted molar refractivity (Wildman–Crippen MR) is 90.5 cm³/mol. The number of aromatic nitrogens is 2. The SMILES string of the molecule is Cc1sc2ncn(/N=C/c3ccc(Br)cc3)c(=O)c2c1C. The molecule has 0 fully saturated rings. The number of halogens is 1. The molecule has 0 amide bonds. The average Bonchev–Trinajstić information content (AvgIpc) is 2.76. The lowest BCUT2D eigenvalue weighted by Gasteiger charge is -1.98. The molecular weight excluding hydrogens is 350 g/mol. The highest BCUT2D eigenvalue weighted by Crippen LogP contribution is 2.25. The van der Waals surface area contributed by atoms with Crippen molar-refractivity contribution in [3.63, 3.8) is 0 Å². The number of aryl methyl sites for hydroxylation is 2. The molecule has 0 radical (unpaired) electrons. The van der Waals surface area contributed by atoms with Gasteiger partial charge in [-0.3, -0.25) is 4.79 Å². The lowest BCUT2D eigenvalue weighted by molar-refractivity contribution is 0.818. The summed E-state index contributed by atoms with van der Waals surface area (Å²) in [7, 11) is 0. The standard InChI is InChI=1S/C15H12BrN3OS/c1-9-10(2)21-14-13(9)15(20)19(8-17-14)18-7-11-3-5-12(16)6-4-11/h3-8H,1-2H3/b18-7+. The quantitative estimate of drug-likeness (QED) is 0.653. The van der Waals surface area contributed by atoms with Gasteiger partial charge in [-0.2, -0.15) is 9.78 Å². The van der Waals surface area contributed by atoms with Gasteiger partial charge >= 0.3 is 0 Å². The van der Waals surface area contributed by atoms with Crippen molar-refractivity contribution in [2.45, 2.75) is 13.8 Å². The van der Waals surface area contributed by atoms with E-state index in [-0.39, 0.29) is 5.56 Å². The van der Waals surface area contributed by atoms with Gasteiger partial charge in [-0.25, -0.2) is 4.98 Å². The fourth-order valence-corrected chi connectivity index (χ4v) is 3.24. The van der Waals surface area contributed by atoms with E-state index in [0.717, 1.165) is 25.3 Å². The van der Waals surface area contributed by atoms with Crippen LogP contribution in [0.15, 0.2) is 45.0 Å². The van der Waals surface area contributed by atoms with E-state index in [1.165, 1.54) is 22.3 Å². The maximum atomic E-state index is 12.4. The summed E-state index contributed by atoms with van der Waals surface area (Å²) in [5, 5.41) is 4.87. The highest BCUT2D eigenvalue weighted by atomic mass is 79.9. The van der Waals surface area contributed by atoms with Gasteiger partial charge in [-0.15, -0.1) is 11.3 Å². The summed E-state index contributed by atoms with van der Waals surface area (Å²) >= 11 is 4.92. The largest absolute Gasteiger partial charge is 0.282 e. The molecule has 0 bridgehead atoms. The van der Waals surface area contributed by atoms with Crippen molar-refractivity contribution >= 4 is 43.7 Å². The minimum atomic E-state index is -0.129. The molecule has 4 nitrogen and oxygen atoms in total. The number of hydrogen-bond donors (Lipinski definition) is 0. The molecule has 2 aromatic heterocycles. The molecule has 0 saturated carbocycles. The third-order valence-electron chi connectivity index (χ3n) is 3.27. The highest BCUT2D eigenvalue weighted by Gasteiger charge is 2.11. The summed E-state index contributed by atoms with van der Waals surface area (Å²) in [6.45, 7) is 3.94. The zero-order chi connectivity index (χ0) is 15.0. The third-order valence-corrected chi connectivity index (χ3v) is 4.92. The normalized spacial score (nSPS) is 11.6. The van der Waals surface area contributed by atoms with E-state index in [4.69, 9.17) is 0 Å². The molecular formula is C15H12BrN3OS. The fraction of sp³-hybridized carbons (Fsp3) is 0.133. The highest BCUT2D eigenvalue weighted by molar-refractivity contribution is 9.10. The van der Waals surface area contributed by atoms with Crippen LogP contribution in [0.1, 0.15) is 16.0 Å². The Morgan fingerprint density at radius 3 is 2.71 bits per heavy atom. The molecule has 6 heteroatoms. The van der Waals surface area contributed by atoms with Crippen molar-refractivity contribution in [1.82, 2.24) is 9.66 Å². The molecule has 0 aliphatic carbocycles. The molecule has 0 atom stereocenters. The average molecular weight is 362 g/mol. The second-order valence-corrected chi connectivity index (χ2v) is 6.77. The van der Waals surface area contributed by atoms with Crippen LogP contribution in [0.3, 0.4) is 0 Å². The minimum Gasteiger partial charge on any atom is -0.267 e. The summed E-state index contributed by atoms with van der Waals surface area (Å²) in [4.78, 5) is 18.6. The van der Waals surface area contributed by atoms with Crippen LogP contribution in [0, 0.1) is 13.8 Å². The Hall–Kier alpha value is -1.79. The van der Waals surface area contributed by atoms with E-state index in [1.807, 2.05) is 38.1 Å². The van der Waals surface area contributed by atoms with Crippen LogP contribution in [0.2, 0.25) is 0 Å². The molecule has 21 heavy (non-hydrogen) atoms. The topological polar surface area (TPSA) is 47.2 Å². The van der Waals surface area contributed by atoms with E-state index in [1.54, 1.807) is 6.21 Å². The number of benzene rings is 1. The van der Waals surface area contributed by atoms with Crippen molar-refractivity contribution < 1.29 is 0 Å². The fourth-order valence-electron chi connectivity index (χ4n) is 1.99. The number of rotatable bonds is 2. The summed E-state index contributed by atoms with van der Waals surface area (Å²) in [6, 6.07) is 7.70. The van der Waals surface area contributed by atoms with Gasteiger partial charge in [0.1, 0.15) is 11.2 Å². The van der Waals surface area contributed by atoms with Crippen LogP contribution in [0.25, 0.3) is 10.2 Å². The Bertz CT molecular complexity index is 894. The van der Waals surface area contributed by atoms with Gasteiger partial charge < -0.3 is 0 Å². The van der Waals surface area contributed by atoms with Crippen LogP contribution in [0.5, 0.6) is 0 Å². The van der Waals surface area contributed by atoms with Crippen molar-refractivity contribution in [3.8, 4) is 0 Å². The number of thiophene rings is 1. The maximum Gasteiger partial charge on any atom is 0.282 e. The van der Waals surface area contributed by atoms with E-state index < -0.39 is 0 Å². The Labute approximate surface area is 133 Å². The van der Waals surface area contributed by atoms with Gasteiger partial charge in [0.15, 0.2) is 0 Å². The molecule has 0 aliphatic rings. The predicted octanol–water partition coefficient (Wildman–Crippen LogP) is 3.72. The molecule has 3 aromatic rings.